The second kappa shape index (κ2) is 7.66. The standard InChI is InChI=1S/C20H22N2O4/c23-20(15-5-2-1-3-6-15)25-14-16-13-24-19-17(7-4-8-18(19)26-16)22-11-9-21-10-12-22/h1-8,16,21H,9-14H2/t16-/m1/s1. The lowest BCUT2D eigenvalue weighted by molar-refractivity contribution is 0.0111. The van der Waals surface area contributed by atoms with E-state index >= 15 is 0 Å². The van der Waals surface area contributed by atoms with Gasteiger partial charge in [0.2, 0.25) is 0 Å². The second-order valence-corrected chi connectivity index (χ2v) is 6.36. The molecule has 0 aliphatic carbocycles. The van der Waals surface area contributed by atoms with Crippen LogP contribution >= 0.6 is 0 Å². The fraction of sp³-hybridized carbons (Fsp3) is 0.350. The molecule has 1 atom stereocenters. The highest BCUT2D eigenvalue weighted by Crippen LogP contribution is 2.40. The van der Waals surface area contributed by atoms with Crippen molar-refractivity contribution >= 4 is 11.7 Å². The Morgan fingerprint density at radius 1 is 1.12 bits per heavy atom. The highest BCUT2D eigenvalue weighted by molar-refractivity contribution is 5.89. The number of anilines is 1. The fourth-order valence-corrected chi connectivity index (χ4v) is 3.20. The molecule has 0 saturated carbocycles. The predicted molar refractivity (Wildman–Crippen MR) is 98.2 cm³/mol. The Kier molecular flexibility index (Phi) is 4.93. The molecule has 2 heterocycles. The monoisotopic (exact) mass is 354 g/mol. The summed E-state index contributed by atoms with van der Waals surface area (Å²) >= 11 is 0. The number of rotatable bonds is 4. The van der Waals surface area contributed by atoms with Gasteiger partial charge in [-0.2, -0.15) is 0 Å². The van der Waals surface area contributed by atoms with E-state index in [2.05, 4.69) is 16.3 Å². The molecule has 136 valence electrons. The van der Waals surface area contributed by atoms with E-state index in [0.29, 0.717) is 17.9 Å². The van der Waals surface area contributed by atoms with Gasteiger partial charge in [-0.15, -0.1) is 0 Å². The summed E-state index contributed by atoms with van der Waals surface area (Å²) in [7, 11) is 0. The molecule has 6 heteroatoms. The number of nitrogens with zero attached hydrogens (tertiary/aromatic N) is 1. The van der Waals surface area contributed by atoms with E-state index in [4.69, 9.17) is 14.2 Å². The molecule has 1 saturated heterocycles. The average molecular weight is 354 g/mol. The Bertz CT molecular complexity index is 760. The van der Waals surface area contributed by atoms with E-state index in [1.807, 2.05) is 30.3 Å². The van der Waals surface area contributed by atoms with Crippen LogP contribution in [0, 0.1) is 0 Å². The van der Waals surface area contributed by atoms with Crippen LogP contribution in [0.25, 0.3) is 0 Å². The van der Waals surface area contributed by atoms with Gasteiger partial charge in [-0.1, -0.05) is 24.3 Å². The van der Waals surface area contributed by atoms with Crippen LogP contribution in [0.1, 0.15) is 10.4 Å². The van der Waals surface area contributed by atoms with Gasteiger partial charge in [-0.05, 0) is 24.3 Å². The van der Waals surface area contributed by atoms with Gasteiger partial charge in [0.1, 0.15) is 13.2 Å². The Hall–Kier alpha value is -2.73. The summed E-state index contributed by atoms with van der Waals surface area (Å²) in [6.45, 7) is 4.32. The number of para-hydroxylation sites is 1. The quantitative estimate of drug-likeness (QED) is 0.849. The molecule has 0 unspecified atom stereocenters. The van der Waals surface area contributed by atoms with Crippen LogP contribution in [0.4, 0.5) is 5.69 Å². The van der Waals surface area contributed by atoms with Crippen LogP contribution in [-0.2, 0) is 4.74 Å². The molecule has 4 rings (SSSR count). The number of carbonyl (C=O) groups excluding carboxylic acids is 1. The minimum atomic E-state index is -0.352. The summed E-state index contributed by atoms with van der Waals surface area (Å²) in [5.74, 6) is 1.13. The summed E-state index contributed by atoms with van der Waals surface area (Å²) in [5, 5.41) is 3.35. The van der Waals surface area contributed by atoms with Crippen molar-refractivity contribution in [1.29, 1.82) is 0 Å². The highest BCUT2D eigenvalue weighted by Gasteiger charge is 2.27. The molecule has 6 nitrogen and oxygen atoms in total. The molecule has 2 aliphatic heterocycles. The van der Waals surface area contributed by atoms with Crippen molar-refractivity contribution in [2.75, 3.05) is 44.3 Å². The van der Waals surface area contributed by atoms with Crippen LogP contribution in [0.15, 0.2) is 48.5 Å². The normalized spacial score (nSPS) is 19.1. The van der Waals surface area contributed by atoms with Gasteiger partial charge < -0.3 is 24.4 Å². The minimum absolute atomic E-state index is 0.158. The van der Waals surface area contributed by atoms with Gasteiger partial charge in [-0.3, -0.25) is 0 Å². The third-order valence-corrected chi connectivity index (χ3v) is 4.53. The number of esters is 1. The SMILES string of the molecule is O=C(OC[C@H]1COc2c(cccc2N2CCNCC2)O1)c1ccccc1. The average Bonchev–Trinajstić information content (AvgIpc) is 2.72. The summed E-state index contributed by atoms with van der Waals surface area (Å²) in [5.41, 5.74) is 1.59. The predicted octanol–water partition coefficient (Wildman–Crippen LogP) is 2.09. The molecule has 26 heavy (non-hydrogen) atoms. The van der Waals surface area contributed by atoms with Crippen molar-refractivity contribution in [2.45, 2.75) is 6.10 Å². The first kappa shape index (κ1) is 16.7. The molecule has 0 spiro atoms. The first-order valence-corrected chi connectivity index (χ1v) is 8.91. The minimum Gasteiger partial charge on any atom is -0.484 e. The molecule has 2 aromatic rings. The maximum absolute atomic E-state index is 12.1. The van der Waals surface area contributed by atoms with Gasteiger partial charge in [-0.25, -0.2) is 4.79 Å². The molecule has 0 bridgehead atoms. The maximum atomic E-state index is 12.1. The molecule has 0 aromatic heterocycles. The van der Waals surface area contributed by atoms with E-state index in [1.54, 1.807) is 12.1 Å². The topological polar surface area (TPSA) is 60.0 Å². The molecule has 2 aliphatic rings. The molecular formula is C20H22N2O4. The largest absolute Gasteiger partial charge is 0.484 e. The van der Waals surface area contributed by atoms with Gasteiger partial charge in [0.25, 0.3) is 0 Å². The zero-order valence-corrected chi connectivity index (χ0v) is 14.5. The van der Waals surface area contributed by atoms with Crippen LogP contribution in [0.3, 0.4) is 0 Å². The zero-order chi connectivity index (χ0) is 17.8. The van der Waals surface area contributed by atoms with Gasteiger partial charge in [0.15, 0.2) is 17.6 Å². The number of hydrogen-bond donors (Lipinski definition) is 1. The fourth-order valence-electron chi connectivity index (χ4n) is 3.20. The Labute approximate surface area is 152 Å². The van der Waals surface area contributed by atoms with Crippen molar-refractivity contribution in [3.8, 4) is 11.5 Å². The van der Waals surface area contributed by atoms with Crippen LogP contribution in [0.2, 0.25) is 0 Å². The number of fused-ring (bicyclic) bond motifs is 1. The first-order chi connectivity index (χ1) is 12.8. The number of carbonyl (C=O) groups is 1. The second-order valence-electron chi connectivity index (χ2n) is 6.36. The molecule has 1 N–H and O–H groups in total. The number of hydrogen-bond acceptors (Lipinski definition) is 6. The summed E-state index contributed by atoms with van der Waals surface area (Å²) in [4.78, 5) is 14.4. The zero-order valence-electron chi connectivity index (χ0n) is 14.5. The van der Waals surface area contributed by atoms with Crippen molar-refractivity contribution < 1.29 is 19.0 Å². The first-order valence-electron chi connectivity index (χ1n) is 8.91. The molecule has 1 fully saturated rings. The van der Waals surface area contributed by atoms with E-state index in [9.17, 15) is 4.79 Å². The van der Waals surface area contributed by atoms with Crippen molar-refractivity contribution in [3.63, 3.8) is 0 Å². The van der Waals surface area contributed by atoms with Gasteiger partial charge in [0, 0.05) is 26.2 Å². The van der Waals surface area contributed by atoms with E-state index in [-0.39, 0.29) is 18.7 Å². The summed E-state index contributed by atoms with van der Waals surface area (Å²) in [6, 6.07) is 14.9. The number of benzene rings is 2. The van der Waals surface area contributed by atoms with Crippen molar-refractivity contribution in [3.05, 3.63) is 54.1 Å². The molecule has 0 amide bonds. The molecule has 0 radical (unpaired) electrons. The Morgan fingerprint density at radius 3 is 2.73 bits per heavy atom. The van der Waals surface area contributed by atoms with Crippen LogP contribution in [0.5, 0.6) is 11.5 Å². The third-order valence-electron chi connectivity index (χ3n) is 4.53. The number of nitrogens with one attached hydrogen (secondary N) is 1. The van der Waals surface area contributed by atoms with E-state index < -0.39 is 0 Å². The van der Waals surface area contributed by atoms with E-state index in [1.165, 1.54) is 0 Å². The molecule has 2 aromatic carbocycles. The molecular weight excluding hydrogens is 332 g/mol. The van der Waals surface area contributed by atoms with E-state index in [0.717, 1.165) is 37.6 Å². The lowest BCUT2D eigenvalue weighted by Gasteiger charge is -2.34. The lowest BCUT2D eigenvalue weighted by Crippen LogP contribution is -2.44. The van der Waals surface area contributed by atoms with Crippen LogP contribution in [-0.4, -0.2) is 51.5 Å². The van der Waals surface area contributed by atoms with Gasteiger partial charge in [0.05, 0.1) is 11.3 Å². The third kappa shape index (κ3) is 3.60. The smallest absolute Gasteiger partial charge is 0.338 e. The Balaban J connectivity index is 1.39. The van der Waals surface area contributed by atoms with Crippen molar-refractivity contribution in [1.82, 2.24) is 5.32 Å². The maximum Gasteiger partial charge on any atom is 0.338 e. The Morgan fingerprint density at radius 2 is 1.92 bits per heavy atom. The van der Waals surface area contributed by atoms with Crippen LogP contribution < -0.4 is 19.7 Å². The number of piperazine rings is 1. The van der Waals surface area contributed by atoms with Gasteiger partial charge >= 0.3 is 5.97 Å². The summed E-state index contributed by atoms with van der Waals surface area (Å²) in [6.07, 6.45) is -0.312. The number of ether oxygens (including phenoxy) is 3. The highest BCUT2D eigenvalue weighted by atomic mass is 16.6. The van der Waals surface area contributed by atoms with Crippen molar-refractivity contribution in [2.24, 2.45) is 0 Å². The lowest BCUT2D eigenvalue weighted by atomic mass is 10.2. The summed E-state index contributed by atoms with van der Waals surface area (Å²) < 4.78 is 17.4.